The zero-order valence-corrected chi connectivity index (χ0v) is 7.03. The number of rotatable bonds is 4. The lowest BCUT2D eigenvalue weighted by molar-refractivity contribution is -0.110. The predicted molar refractivity (Wildman–Crippen MR) is 46.5 cm³/mol. The number of carbonyl (C=O) groups is 1. The molecule has 1 aromatic rings. The number of amides is 1. The summed E-state index contributed by atoms with van der Waals surface area (Å²) in [7, 11) is 0. The fraction of sp³-hybridized carbons (Fsp3) is 0.333. The monoisotopic (exact) mass is 164 g/mol. The molecule has 1 atom stereocenters. The van der Waals surface area contributed by atoms with Crippen LogP contribution < -0.4 is 5.32 Å². The first-order valence-electron chi connectivity index (χ1n) is 3.98. The Morgan fingerprint density at radius 3 is 3.08 bits per heavy atom. The molecule has 1 heterocycles. The Morgan fingerprint density at radius 2 is 2.58 bits per heavy atom. The number of pyridine rings is 1. The third kappa shape index (κ3) is 2.05. The zero-order chi connectivity index (χ0) is 8.81. The minimum Gasteiger partial charge on any atom is -0.352 e. The van der Waals surface area contributed by atoms with E-state index in [2.05, 4.69) is 10.3 Å². The average molecular weight is 164 g/mol. The number of hydrogen-bond acceptors (Lipinski definition) is 2. The standard InChI is InChI=1S/C9H12N2O/c1-2-9(11-7-12)8-4-3-5-10-6-8/h3-7,9H,2H2,1H3,(H,11,12). The van der Waals surface area contributed by atoms with Crippen molar-refractivity contribution in [3.63, 3.8) is 0 Å². The van der Waals surface area contributed by atoms with Gasteiger partial charge in [0.2, 0.25) is 6.41 Å². The largest absolute Gasteiger partial charge is 0.352 e. The Hall–Kier alpha value is -1.38. The van der Waals surface area contributed by atoms with Crippen molar-refractivity contribution in [3.05, 3.63) is 30.1 Å². The molecule has 1 aromatic heterocycles. The minimum absolute atomic E-state index is 0.0937. The summed E-state index contributed by atoms with van der Waals surface area (Å²) in [5.74, 6) is 0. The highest BCUT2D eigenvalue weighted by atomic mass is 16.1. The lowest BCUT2D eigenvalue weighted by atomic mass is 10.1. The number of nitrogens with one attached hydrogen (secondary N) is 1. The Kier molecular flexibility index (Phi) is 3.26. The summed E-state index contributed by atoms with van der Waals surface area (Å²) in [6.45, 7) is 2.02. The van der Waals surface area contributed by atoms with Gasteiger partial charge < -0.3 is 5.32 Å². The molecule has 1 N–H and O–H groups in total. The summed E-state index contributed by atoms with van der Waals surface area (Å²) in [4.78, 5) is 14.2. The second-order valence-electron chi connectivity index (χ2n) is 2.53. The van der Waals surface area contributed by atoms with E-state index in [9.17, 15) is 4.79 Å². The fourth-order valence-corrected chi connectivity index (χ4v) is 1.11. The van der Waals surface area contributed by atoms with Gasteiger partial charge in [-0.15, -0.1) is 0 Å². The summed E-state index contributed by atoms with van der Waals surface area (Å²) >= 11 is 0. The van der Waals surface area contributed by atoms with E-state index in [0.29, 0.717) is 0 Å². The molecule has 0 spiro atoms. The molecule has 0 aliphatic rings. The molecule has 1 unspecified atom stereocenters. The molecule has 0 bridgehead atoms. The maximum absolute atomic E-state index is 10.2. The van der Waals surface area contributed by atoms with Crippen LogP contribution in [-0.2, 0) is 4.79 Å². The maximum atomic E-state index is 10.2. The molecule has 3 heteroatoms. The third-order valence-corrected chi connectivity index (χ3v) is 1.76. The molecule has 1 rings (SSSR count). The van der Waals surface area contributed by atoms with Crippen molar-refractivity contribution in [1.82, 2.24) is 10.3 Å². The van der Waals surface area contributed by atoms with Crippen molar-refractivity contribution in [1.29, 1.82) is 0 Å². The van der Waals surface area contributed by atoms with Crippen LogP contribution >= 0.6 is 0 Å². The van der Waals surface area contributed by atoms with Gasteiger partial charge in [-0.1, -0.05) is 13.0 Å². The Labute approximate surface area is 71.8 Å². The fourth-order valence-electron chi connectivity index (χ4n) is 1.11. The van der Waals surface area contributed by atoms with Crippen molar-refractivity contribution in [2.75, 3.05) is 0 Å². The molecule has 0 radical (unpaired) electrons. The Morgan fingerprint density at radius 1 is 1.75 bits per heavy atom. The van der Waals surface area contributed by atoms with E-state index >= 15 is 0 Å². The molecule has 3 nitrogen and oxygen atoms in total. The van der Waals surface area contributed by atoms with Crippen LogP contribution in [0.3, 0.4) is 0 Å². The molecule has 12 heavy (non-hydrogen) atoms. The molecule has 0 aliphatic carbocycles. The smallest absolute Gasteiger partial charge is 0.207 e. The van der Waals surface area contributed by atoms with E-state index in [1.54, 1.807) is 12.4 Å². The Bertz CT molecular complexity index is 236. The van der Waals surface area contributed by atoms with Crippen LogP contribution in [-0.4, -0.2) is 11.4 Å². The molecule has 0 aliphatic heterocycles. The van der Waals surface area contributed by atoms with Crippen LogP contribution in [0, 0.1) is 0 Å². The van der Waals surface area contributed by atoms with Gasteiger partial charge in [-0.3, -0.25) is 9.78 Å². The highest BCUT2D eigenvalue weighted by Gasteiger charge is 2.05. The zero-order valence-electron chi connectivity index (χ0n) is 7.03. The highest BCUT2D eigenvalue weighted by Crippen LogP contribution is 2.13. The van der Waals surface area contributed by atoms with Crippen LogP contribution in [0.2, 0.25) is 0 Å². The number of carbonyl (C=O) groups excluding carboxylic acids is 1. The quantitative estimate of drug-likeness (QED) is 0.681. The highest BCUT2D eigenvalue weighted by molar-refractivity contribution is 5.47. The van der Waals surface area contributed by atoms with E-state index in [0.717, 1.165) is 18.4 Å². The van der Waals surface area contributed by atoms with Gasteiger partial charge in [0.15, 0.2) is 0 Å². The number of nitrogens with zero attached hydrogens (tertiary/aromatic N) is 1. The van der Waals surface area contributed by atoms with Crippen molar-refractivity contribution in [3.8, 4) is 0 Å². The Balaban J connectivity index is 2.72. The third-order valence-electron chi connectivity index (χ3n) is 1.76. The van der Waals surface area contributed by atoms with E-state index in [1.807, 2.05) is 19.1 Å². The summed E-state index contributed by atoms with van der Waals surface area (Å²) < 4.78 is 0. The molecule has 0 fully saturated rings. The van der Waals surface area contributed by atoms with Gasteiger partial charge in [0.1, 0.15) is 0 Å². The van der Waals surface area contributed by atoms with E-state index in [-0.39, 0.29) is 6.04 Å². The van der Waals surface area contributed by atoms with Crippen molar-refractivity contribution < 1.29 is 4.79 Å². The first-order valence-corrected chi connectivity index (χ1v) is 3.98. The topological polar surface area (TPSA) is 42.0 Å². The van der Waals surface area contributed by atoms with Crippen LogP contribution in [0.25, 0.3) is 0 Å². The molecular formula is C9H12N2O. The van der Waals surface area contributed by atoms with Gasteiger partial charge in [-0.2, -0.15) is 0 Å². The van der Waals surface area contributed by atoms with E-state index < -0.39 is 0 Å². The van der Waals surface area contributed by atoms with Crippen molar-refractivity contribution in [2.24, 2.45) is 0 Å². The molecular weight excluding hydrogens is 152 g/mol. The summed E-state index contributed by atoms with van der Waals surface area (Å²) in [6.07, 6.45) is 5.09. The van der Waals surface area contributed by atoms with Crippen molar-refractivity contribution >= 4 is 6.41 Å². The lowest BCUT2D eigenvalue weighted by Crippen LogP contribution is -2.18. The van der Waals surface area contributed by atoms with Crippen LogP contribution in [0.1, 0.15) is 24.9 Å². The van der Waals surface area contributed by atoms with Gasteiger partial charge in [-0.05, 0) is 18.1 Å². The van der Waals surface area contributed by atoms with Crippen LogP contribution in [0.5, 0.6) is 0 Å². The number of hydrogen-bond donors (Lipinski definition) is 1. The first-order chi connectivity index (χ1) is 5.88. The first kappa shape index (κ1) is 8.71. The van der Waals surface area contributed by atoms with Gasteiger partial charge >= 0.3 is 0 Å². The predicted octanol–water partition coefficient (Wildman–Crippen LogP) is 1.28. The van der Waals surface area contributed by atoms with E-state index in [1.165, 1.54) is 0 Å². The molecule has 64 valence electrons. The molecule has 1 amide bonds. The second kappa shape index (κ2) is 4.49. The SMILES string of the molecule is CCC(NC=O)c1cccnc1. The van der Waals surface area contributed by atoms with E-state index in [4.69, 9.17) is 0 Å². The van der Waals surface area contributed by atoms with Crippen LogP contribution in [0.4, 0.5) is 0 Å². The summed E-state index contributed by atoms with van der Waals surface area (Å²) in [6, 6.07) is 3.92. The molecule has 0 saturated heterocycles. The normalized spacial score (nSPS) is 12.1. The number of aromatic nitrogens is 1. The minimum atomic E-state index is 0.0937. The van der Waals surface area contributed by atoms with Crippen molar-refractivity contribution in [2.45, 2.75) is 19.4 Å². The average Bonchev–Trinajstić information content (AvgIpc) is 2.15. The molecule has 0 aromatic carbocycles. The lowest BCUT2D eigenvalue weighted by Gasteiger charge is -2.12. The molecule has 0 saturated carbocycles. The maximum Gasteiger partial charge on any atom is 0.207 e. The van der Waals surface area contributed by atoms with Gasteiger partial charge in [0.05, 0.1) is 6.04 Å². The van der Waals surface area contributed by atoms with Gasteiger partial charge in [0, 0.05) is 12.4 Å². The van der Waals surface area contributed by atoms with Gasteiger partial charge in [-0.25, -0.2) is 0 Å². The van der Waals surface area contributed by atoms with Crippen LogP contribution in [0.15, 0.2) is 24.5 Å². The summed E-state index contributed by atoms with van der Waals surface area (Å²) in [5, 5.41) is 2.73. The second-order valence-corrected chi connectivity index (χ2v) is 2.53. The van der Waals surface area contributed by atoms with Gasteiger partial charge in [0.25, 0.3) is 0 Å². The summed E-state index contributed by atoms with van der Waals surface area (Å²) in [5.41, 5.74) is 1.05.